The number of hydrogen-bond donors (Lipinski definition) is 1. The second-order valence-corrected chi connectivity index (χ2v) is 2.89. The Bertz CT molecular complexity index is 502. The summed E-state index contributed by atoms with van der Waals surface area (Å²) in [5.41, 5.74) is -1.16. The zero-order valence-electron chi connectivity index (χ0n) is 8.59. The Morgan fingerprint density at radius 2 is 2.18 bits per heavy atom. The number of nitrogens with one attached hydrogen (secondary N) is 1. The molecule has 0 bridgehead atoms. The molecule has 1 aromatic rings. The highest BCUT2D eigenvalue weighted by Gasteiger charge is 2.33. The summed E-state index contributed by atoms with van der Waals surface area (Å²) in [6, 6.07) is 2.52. The minimum atomic E-state index is -4.96. The number of nitriles is 1. The molecule has 0 aliphatic rings. The molecule has 0 aliphatic carbocycles. The minimum Gasteiger partial charge on any atom is -0.482 e. The first-order valence-electron chi connectivity index (χ1n) is 4.30. The predicted molar refractivity (Wildman–Crippen MR) is 49.6 cm³/mol. The van der Waals surface area contributed by atoms with Crippen LogP contribution < -0.4 is 14.9 Å². The van der Waals surface area contributed by atoms with Gasteiger partial charge in [0.2, 0.25) is 5.88 Å². The lowest BCUT2D eigenvalue weighted by molar-refractivity contribution is -0.276. The van der Waals surface area contributed by atoms with Gasteiger partial charge in [-0.15, -0.1) is 13.2 Å². The number of aromatic amines is 1. The van der Waals surface area contributed by atoms with E-state index in [0.717, 1.165) is 6.07 Å². The van der Waals surface area contributed by atoms with Crippen LogP contribution in [0.2, 0.25) is 0 Å². The van der Waals surface area contributed by atoms with Crippen LogP contribution in [0.4, 0.5) is 13.2 Å². The van der Waals surface area contributed by atoms with Gasteiger partial charge in [-0.05, 0) is 0 Å². The van der Waals surface area contributed by atoms with Crippen molar-refractivity contribution in [1.29, 1.82) is 5.26 Å². The molecule has 0 atom stereocenters. The number of hydrogen-bond acceptors (Lipinski definition) is 4. The Kier molecular flexibility index (Phi) is 3.62. The van der Waals surface area contributed by atoms with E-state index in [1.165, 1.54) is 7.11 Å². The van der Waals surface area contributed by atoms with Crippen LogP contribution in [0.25, 0.3) is 0 Å². The summed E-state index contributed by atoms with van der Waals surface area (Å²) < 4.78 is 44.4. The van der Waals surface area contributed by atoms with Crippen LogP contribution in [0.1, 0.15) is 5.56 Å². The average Bonchev–Trinajstić information content (AvgIpc) is 2.20. The first kappa shape index (κ1) is 12.9. The van der Waals surface area contributed by atoms with E-state index in [9.17, 15) is 18.0 Å². The fourth-order valence-electron chi connectivity index (χ4n) is 1.10. The van der Waals surface area contributed by atoms with Crippen LogP contribution in [-0.4, -0.2) is 18.5 Å². The van der Waals surface area contributed by atoms with Crippen LogP contribution in [-0.2, 0) is 6.42 Å². The zero-order valence-corrected chi connectivity index (χ0v) is 8.59. The van der Waals surface area contributed by atoms with Crippen molar-refractivity contribution in [3.05, 3.63) is 21.9 Å². The molecule has 1 heterocycles. The van der Waals surface area contributed by atoms with Crippen LogP contribution in [0.15, 0.2) is 10.9 Å². The van der Waals surface area contributed by atoms with Crippen molar-refractivity contribution < 1.29 is 22.6 Å². The number of H-pyrrole nitrogens is 1. The molecule has 0 spiro atoms. The summed E-state index contributed by atoms with van der Waals surface area (Å²) in [7, 11) is 1.17. The van der Waals surface area contributed by atoms with Gasteiger partial charge in [-0.1, -0.05) is 0 Å². The first-order valence-corrected chi connectivity index (χ1v) is 4.30. The molecule has 0 amide bonds. The number of nitrogens with zero attached hydrogens (tertiary/aromatic N) is 1. The summed E-state index contributed by atoms with van der Waals surface area (Å²) in [6.45, 7) is 0. The maximum atomic E-state index is 12.1. The summed E-state index contributed by atoms with van der Waals surface area (Å²) in [6.07, 6.45) is -5.45. The van der Waals surface area contributed by atoms with Crippen molar-refractivity contribution in [2.75, 3.05) is 7.11 Å². The van der Waals surface area contributed by atoms with Crippen molar-refractivity contribution in [3.8, 4) is 17.8 Å². The first-order chi connectivity index (χ1) is 7.87. The number of halogens is 3. The molecule has 1 N–H and O–H groups in total. The van der Waals surface area contributed by atoms with Crippen LogP contribution in [0.3, 0.4) is 0 Å². The number of rotatable bonds is 3. The molecule has 1 rings (SSSR count). The number of methoxy groups -OCH3 is 1. The molecule has 17 heavy (non-hydrogen) atoms. The van der Waals surface area contributed by atoms with Gasteiger partial charge in [-0.2, -0.15) is 5.26 Å². The topological polar surface area (TPSA) is 75.1 Å². The van der Waals surface area contributed by atoms with Gasteiger partial charge < -0.3 is 9.47 Å². The number of pyridine rings is 1. The van der Waals surface area contributed by atoms with Gasteiger partial charge in [0.05, 0.1) is 25.2 Å². The third-order valence-electron chi connectivity index (χ3n) is 1.76. The third kappa shape index (κ3) is 3.41. The van der Waals surface area contributed by atoms with E-state index in [0.29, 0.717) is 0 Å². The number of aromatic nitrogens is 1. The van der Waals surface area contributed by atoms with Crippen molar-refractivity contribution in [3.63, 3.8) is 0 Å². The molecular weight excluding hydrogens is 241 g/mol. The fraction of sp³-hybridized carbons (Fsp3) is 0.333. The predicted octanol–water partition coefficient (Wildman–Crippen LogP) is 1.35. The van der Waals surface area contributed by atoms with Crippen LogP contribution in [0.5, 0.6) is 11.8 Å². The minimum absolute atomic E-state index is 0.184. The van der Waals surface area contributed by atoms with Gasteiger partial charge in [0.25, 0.3) is 0 Å². The van der Waals surface area contributed by atoms with Crippen molar-refractivity contribution >= 4 is 0 Å². The third-order valence-corrected chi connectivity index (χ3v) is 1.76. The van der Waals surface area contributed by atoms with E-state index in [2.05, 4.69) is 14.5 Å². The quantitative estimate of drug-likeness (QED) is 0.875. The molecular formula is C9H7F3N2O3. The van der Waals surface area contributed by atoms with Crippen LogP contribution in [0, 0.1) is 11.3 Å². The summed E-state index contributed by atoms with van der Waals surface area (Å²) >= 11 is 0. The maximum absolute atomic E-state index is 12.1. The van der Waals surface area contributed by atoms with E-state index >= 15 is 0 Å². The van der Waals surface area contributed by atoms with Gasteiger partial charge >= 0.3 is 6.36 Å². The zero-order chi connectivity index (χ0) is 13.1. The monoisotopic (exact) mass is 248 g/mol. The van der Waals surface area contributed by atoms with Crippen molar-refractivity contribution in [2.45, 2.75) is 12.8 Å². The standard InChI is InChI=1S/C9H7F3N2O3/c1-16-7-4-6(15)5(2-3-13)8(14-7)17-9(10,11)12/h4H,2H2,1H3,(H,14,15). The summed E-state index contributed by atoms with van der Waals surface area (Å²) in [4.78, 5) is 13.5. The lowest BCUT2D eigenvalue weighted by Crippen LogP contribution is -2.22. The van der Waals surface area contributed by atoms with E-state index in [1.807, 2.05) is 0 Å². The highest BCUT2D eigenvalue weighted by atomic mass is 19.4. The molecule has 1 aromatic heterocycles. The summed E-state index contributed by atoms with van der Waals surface area (Å²) in [5, 5.41) is 8.42. The SMILES string of the molecule is COc1cc(=O)c(CC#N)c(OC(F)(F)F)[nH]1. The fourth-order valence-corrected chi connectivity index (χ4v) is 1.10. The molecule has 0 saturated heterocycles. The van der Waals surface area contributed by atoms with Crippen molar-refractivity contribution in [1.82, 2.24) is 4.98 Å². The molecule has 5 nitrogen and oxygen atoms in total. The normalized spacial score (nSPS) is 10.8. The Balaban J connectivity index is 3.28. The second kappa shape index (κ2) is 4.78. The molecule has 92 valence electrons. The maximum Gasteiger partial charge on any atom is 0.574 e. The lowest BCUT2D eigenvalue weighted by atomic mass is 10.2. The number of alkyl halides is 3. The summed E-state index contributed by atoms with van der Waals surface area (Å²) in [5.74, 6) is -1.01. The highest BCUT2D eigenvalue weighted by molar-refractivity contribution is 5.33. The van der Waals surface area contributed by atoms with Gasteiger partial charge in [0, 0.05) is 6.07 Å². The van der Waals surface area contributed by atoms with Gasteiger partial charge in [-0.3, -0.25) is 9.78 Å². The highest BCUT2D eigenvalue weighted by Crippen LogP contribution is 2.24. The van der Waals surface area contributed by atoms with Crippen molar-refractivity contribution in [2.24, 2.45) is 0 Å². The van der Waals surface area contributed by atoms with E-state index in [4.69, 9.17) is 5.26 Å². The largest absolute Gasteiger partial charge is 0.574 e. The second-order valence-electron chi connectivity index (χ2n) is 2.89. The average molecular weight is 248 g/mol. The molecule has 8 heteroatoms. The lowest BCUT2D eigenvalue weighted by Gasteiger charge is -2.12. The Morgan fingerprint density at radius 3 is 2.65 bits per heavy atom. The molecule has 0 saturated carbocycles. The van der Waals surface area contributed by atoms with E-state index < -0.39 is 29.7 Å². The van der Waals surface area contributed by atoms with Crippen LogP contribution >= 0.6 is 0 Å². The van der Waals surface area contributed by atoms with Gasteiger partial charge in [0.1, 0.15) is 0 Å². The Morgan fingerprint density at radius 1 is 1.53 bits per heavy atom. The molecule has 0 unspecified atom stereocenters. The molecule has 0 aliphatic heterocycles. The molecule has 0 fully saturated rings. The molecule has 0 aromatic carbocycles. The van der Waals surface area contributed by atoms with E-state index in [-0.39, 0.29) is 5.88 Å². The smallest absolute Gasteiger partial charge is 0.482 e. The van der Waals surface area contributed by atoms with E-state index in [1.54, 1.807) is 6.07 Å². The van der Waals surface area contributed by atoms with Gasteiger partial charge in [0.15, 0.2) is 11.3 Å². The van der Waals surface area contributed by atoms with Gasteiger partial charge in [-0.25, -0.2) is 0 Å². The number of ether oxygens (including phenoxy) is 2. The Labute approximate surface area is 93.4 Å². The Hall–Kier alpha value is -2.17. The molecule has 0 radical (unpaired) electrons.